The Morgan fingerprint density at radius 1 is 1.44 bits per heavy atom. The summed E-state index contributed by atoms with van der Waals surface area (Å²) in [4.78, 5) is 13.7. The monoisotopic (exact) mass is 134 g/mol. The van der Waals surface area contributed by atoms with Gasteiger partial charge in [-0.05, 0) is 12.1 Å². The first-order chi connectivity index (χ1) is 3.93. The van der Waals surface area contributed by atoms with Gasteiger partial charge in [-0.3, -0.25) is 9.78 Å². The minimum atomic E-state index is 0. The lowest BCUT2D eigenvalue weighted by Crippen LogP contribution is -1.80. The average Bonchev–Trinajstić information content (AvgIpc) is 1.90. The molecule has 0 saturated heterocycles. The summed E-state index contributed by atoms with van der Waals surface area (Å²) in [5, 5.41) is 0. The Bertz CT molecular complexity index is 176. The molecule has 2 nitrogen and oxygen atoms in total. The molecule has 1 aromatic rings. The van der Waals surface area contributed by atoms with Crippen LogP contribution in [0.15, 0.2) is 24.4 Å². The highest BCUT2D eigenvalue weighted by molar-refractivity contribution is 5.75. The molecule has 0 aliphatic rings. The van der Waals surface area contributed by atoms with Crippen LogP contribution in [0.25, 0.3) is 0 Å². The van der Waals surface area contributed by atoms with Gasteiger partial charge < -0.3 is 0 Å². The predicted octanol–water partition coefficient (Wildman–Crippen LogP) is 0.513. The molecule has 0 unspecified atom stereocenters. The zero-order valence-corrected chi connectivity index (χ0v) is 5.97. The van der Waals surface area contributed by atoms with Crippen molar-refractivity contribution in [1.29, 1.82) is 0 Å². The van der Waals surface area contributed by atoms with Gasteiger partial charge in [-0.25, -0.2) is 0 Å². The van der Waals surface area contributed by atoms with Crippen molar-refractivity contribution in [2.24, 2.45) is 0 Å². The first kappa shape index (κ1) is 8.35. The summed E-state index contributed by atoms with van der Waals surface area (Å²) in [6.45, 7) is 0. The lowest BCUT2D eigenvalue weighted by Gasteiger charge is -1.81. The van der Waals surface area contributed by atoms with E-state index in [1.54, 1.807) is 24.4 Å². The van der Waals surface area contributed by atoms with Gasteiger partial charge in [0.15, 0.2) is 6.29 Å². The van der Waals surface area contributed by atoms with Gasteiger partial charge in [-0.15, -0.1) is 0 Å². The van der Waals surface area contributed by atoms with Crippen LogP contribution in [-0.2, 0) is 0 Å². The zero-order chi connectivity index (χ0) is 5.82. The molecule has 3 radical (unpaired) electrons. The van der Waals surface area contributed by atoms with Gasteiger partial charge >= 0.3 is 0 Å². The van der Waals surface area contributed by atoms with Crippen molar-refractivity contribution in [1.82, 2.24) is 4.98 Å². The molecule has 0 aliphatic carbocycles. The Hall–Kier alpha value is -0.648. The van der Waals surface area contributed by atoms with Crippen molar-refractivity contribution in [3.8, 4) is 0 Å². The van der Waals surface area contributed by atoms with Crippen molar-refractivity contribution in [3.05, 3.63) is 30.1 Å². The van der Waals surface area contributed by atoms with Crippen molar-refractivity contribution < 1.29 is 4.79 Å². The first-order valence-corrected chi connectivity index (χ1v) is 2.29. The summed E-state index contributed by atoms with van der Waals surface area (Å²) in [7, 11) is 0. The summed E-state index contributed by atoms with van der Waals surface area (Å²) in [6, 6.07) is 5.21. The third-order valence-electron chi connectivity index (χ3n) is 0.809. The largest absolute Gasteiger partial charge is 0.296 e. The molecular weight excluding hydrogens is 129 g/mol. The number of hydrogen-bond acceptors (Lipinski definition) is 2. The molecule has 3 heteroatoms. The number of pyridine rings is 1. The van der Waals surface area contributed by atoms with Crippen molar-refractivity contribution >= 4 is 23.6 Å². The molecule has 1 rings (SSSR count). The molecule has 0 aromatic carbocycles. The summed E-state index contributed by atoms with van der Waals surface area (Å²) >= 11 is 0. The molecule has 43 valence electrons. The van der Waals surface area contributed by atoms with Gasteiger partial charge in [0.25, 0.3) is 0 Å². The summed E-state index contributed by atoms with van der Waals surface area (Å²) < 4.78 is 0. The van der Waals surface area contributed by atoms with Crippen LogP contribution in [0.3, 0.4) is 0 Å². The summed E-state index contributed by atoms with van der Waals surface area (Å²) in [5.41, 5.74) is 0.479. The van der Waals surface area contributed by atoms with Crippen molar-refractivity contribution in [3.63, 3.8) is 0 Å². The fraction of sp³-hybridized carbons (Fsp3) is 0. The SMILES string of the molecule is O=Cc1ccccn1.[Al]. The van der Waals surface area contributed by atoms with E-state index in [0.29, 0.717) is 5.69 Å². The molecular formula is C6H5AlNO. The number of aldehydes is 1. The van der Waals surface area contributed by atoms with Gasteiger partial charge in [0, 0.05) is 23.6 Å². The zero-order valence-electron chi connectivity index (χ0n) is 4.82. The Labute approximate surface area is 64.1 Å². The number of hydrogen-bond donors (Lipinski definition) is 0. The van der Waals surface area contributed by atoms with E-state index in [1.807, 2.05) is 0 Å². The van der Waals surface area contributed by atoms with Crippen LogP contribution >= 0.6 is 0 Å². The highest BCUT2D eigenvalue weighted by Crippen LogP contribution is 1.85. The van der Waals surface area contributed by atoms with E-state index in [0.717, 1.165) is 6.29 Å². The maximum atomic E-state index is 9.94. The van der Waals surface area contributed by atoms with Gasteiger partial charge in [0.1, 0.15) is 5.69 Å². The number of carbonyl (C=O) groups is 1. The third kappa shape index (κ3) is 2.41. The van der Waals surface area contributed by atoms with E-state index in [4.69, 9.17) is 0 Å². The maximum absolute atomic E-state index is 9.94. The van der Waals surface area contributed by atoms with Crippen LogP contribution < -0.4 is 0 Å². The first-order valence-electron chi connectivity index (χ1n) is 2.29. The molecule has 0 bridgehead atoms. The Kier molecular flexibility index (Phi) is 3.95. The van der Waals surface area contributed by atoms with Crippen molar-refractivity contribution in [2.75, 3.05) is 0 Å². The highest BCUT2D eigenvalue weighted by Gasteiger charge is 1.81. The third-order valence-corrected chi connectivity index (χ3v) is 0.809. The van der Waals surface area contributed by atoms with Crippen LogP contribution in [0.5, 0.6) is 0 Å². The normalized spacial score (nSPS) is 7.56. The van der Waals surface area contributed by atoms with Gasteiger partial charge in [0.2, 0.25) is 0 Å². The molecule has 1 aromatic heterocycles. The predicted molar refractivity (Wildman–Crippen MR) is 35.4 cm³/mol. The molecule has 0 atom stereocenters. The molecule has 0 aliphatic heterocycles. The topological polar surface area (TPSA) is 30.0 Å². The highest BCUT2D eigenvalue weighted by atomic mass is 27.0. The van der Waals surface area contributed by atoms with Gasteiger partial charge in [-0.2, -0.15) is 0 Å². The maximum Gasteiger partial charge on any atom is 0.168 e. The number of aromatic nitrogens is 1. The minimum absolute atomic E-state index is 0. The molecule has 0 fully saturated rings. The second kappa shape index (κ2) is 4.25. The summed E-state index contributed by atoms with van der Waals surface area (Å²) in [6.07, 6.45) is 2.31. The van der Waals surface area contributed by atoms with Crippen molar-refractivity contribution in [2.45, 2.75) is 0 Å². The minimum Gasteiger partial charge on any atom is -0.296 e. The van der Waals surface area contributed by atoms with Crippen LogP contribution in [0, 0.1) is 0 Å². The lowest BCUT2D eigenvalue weighted by molar-refractivity contribution is 0.111. The summed E-state index contributed by atoms with van der Waals surface area (Å²) in [5.74, 6) is 0. The molecule has 1 heterocycles. The van der Waals surface area contributed by atoms with Gasteiger partial charge in [0.05, 0.1) is 0 Å². The number of nitrogens with zero attached hydrogens (tertiary/aromatic N) is 1. The molecule has 0 amide bonds. The fourth-order valence-electron chi connectivity index (χ4n) is 0.446. The van der Waals surface area contributed by atoms with E-state index < -0.39 is 0 Å². The van der Waals surface area contributed by atoms with E-state index in [9.17, 15) is 4.79 Å². The Balaban J connectivity index is 0.000000640. The Morgan fingerprint density at radius 3 is 2.56 bits per heavy atom. The molecule has 0 spiro atoms. The number of carbonyl (C=O) groups excluding carboxylic acids is 1. The average molecular weight is 134 g/mol. The molecule has 0 N–H and O–H groups in total. The van der Waals surface area contributed by atoms with E-state index in [2.05, 4.69) is 4.98 Å². The quantitative estimate of drug-likeness (QED) is 0.414. The van der Waals surface area contributed by atoms with E-state index in [-0.39, 0.29) is 17.4 Å². The van der Waals surface area contributed by atoms with Crippen LogP contribution in [0.2, 0.25) is 0 Å². The van der Waals surface area contributed by atoms with Crippen LogP contribution in [-0.4, -0.2) is 28.6 Å². The van der Waals surface area contributed by atoms with Crippen LogP contribution in [0.4, 0.5) is 0 Å². The second-order valence-electron chi connectivity index (χ2n) is 1.37. The molecule has 0 saturated carbocycles. The standard InChI is InChI=1S/C6H5NO.Al/c8-5-6-3-1-2-4-7-6;/h1-5H;. The smallest absolute Gasteiger partial charge is 0.168 e. The van der Waals surface area contributed by atoms with E-state index in [1.165, 1.54) is 0 Å². The Morgan fingerprint density at radius 2 is 2.22 bits per heavy atom. The molecule has 9 heavy (non-hydrogen) atoms. The van der Waals surface area contributed by atoms with Gasteiger partial charge in [-0.1, -0.05) is 6.07 Å². The second-order valence-corrected chi connectivity index (χ2v) is 1.37. The van der Waals surface area contributed by atoms with Crippen LogP contribution in [0.1, 0.15) is 10.5 Å². The fourth-order valence-corrected chi connectivity index (χ4v) is 0.446. The lowest BCUT2D eigenvalue weighted by atomic mass is 10.4. The number of rotatable bonds is 1. The van der Waals surface area contributed by atoms with E-state index >= 15 is 0 Å².